The molecule has 1 fully saturated rings. The predicted octanol–water partition coefficient (Wildman–Crippen LogP) is -2.13. The van der Waals surface area contributed by atoms with E-state index in [4.69, 9.17) is 21.9 Å². The molecule has 0 aliphatic carbocycles. The van der Waals surface area contributed by atoms with Crippen LogP contribution in [0.1, 0.15) is 77.6 Å². The molecule has 8 amide bonds. The first kappa shape index (κ1) is 44.9. The number of hydrogen-bond donors (Lipinski definition) is 9. The quantitative estimate of drug-likeness (QED) is 0.0544. The Morgan fingerprint density at radius 3 is 1.87 bits per heavy atom. The first-order valence-electron chi connectivity index (χ1n) is 17.2. The van der Waals surface area contributed by atoms with Crippen molar-refractivity contribution < 1.29 is 48.2 Å². The second kappa shape index (κ2) is 25.0. The van der Waals surface area contributed by atoms with Gasteiger partial charge < -0.3 is 53.6 Å². The molecule has 6 atom stereocenters. The van der Waals surface area contributed by atoms with E-state index in [1.165, 1.54) is 13.5 Å². The minimum atomic E-state index is -1.72. The highest BCUT2D eigenvalue weighted by atomic mass is 16.5. The second-order valence-corrected chi connectivity index (χ2v) is 12.4. The lowest BCUT2D eigenvalue weighted by Gasteiger charge is -2.26. The lowest BCUT2D eigenvalue weighted by molar-refractivity contribution is -0.136. The highest BCUT2D eigenvalue weighted by Gasteiger charge is 2.33. The third-order valence-electron chi connectivity index (χ3n) is 7.72. The average Bonchev–Trinajstić information content (AvgIpc) is 3.04. The molecule has 0 saturated carbocycles. The van der Waals surface area contributed by atoms with Gasteiger partial charge in [-0.15, -0.1) is 0 Å². The van der Waals surface area contributed by atoms with E-state index in [0.29, 0.717) is 0 Å². The highest BCUT2D eigenvalue weighted by Crippen LogP contribution is 2.13. The molecule has 1 aliphatic heterocycles. The normalized spacial score (nSPS) is 22.6. The molecule has 3 unspecified atom stereocenters. The molecule has 0 aromatic carbocycles. The number of methoxy groups -OCH3 is 1. The van der Waals surface area contributed by atoms with Crippen LogP contribution in [0.3, 0.4) is 0 Å². The number of rotatable bonds is 18. The molecular weight excluding hydrogens is 680 g/mol. The van der Waals surface area contributed by atoms with Gasteiger partial charge in [0.25, 0.3) is 0 Å². The van der Waals surface area contributed by atoms with Crippen molar-refractivity contribution in [2.75, 3.05) is 13.7 Å². The van der Waals surface area contributed by atoms with Crippen LogP contribution >= 0.6 is 0 Å². The summed E-state index contributed by atoms with van der Waals surface area (Å²) in [6, 6.07) is -6.00. The summed E-state index contributed by atoms with van der Waals surface area (Å²) >= 11 is 0. The highest BCUT2D eigenvalue weighted by molar-refractivity contribution is 5.98. The van der Waals surface area contributed by atoms with Gasteiger partial charge in [0.15, 0.2) is 0 Å². The number of amides is 8. The molecule has 18 heteroatoms. The Balaban J connectivity index is 3.26. The van der Waals surface area contributed by atoms with Crippen LogP contribution in [-0.4, -0.2) is 102 Å². The smallest absolute Gasteiger partial charge is 0.243 e. The Hall–Kier alpha value is -5.10. The first-order valence-corrected chi connectivity index (χ1v) is 17.2. The molecule has 18 nitrogen and oxygen atoms in total. The molecule has 290 valence electrons. The van der Waals surface area contributed by atoms with Crippen LogP contribution in [0.2, 0.25) is 0 Å². The number of primary amides is 3. The van der Waals surface area contributed by atoms with E-state index in [0.717, 1.165) is 19.3 Å². The van der Waals surface area contributed by atoms with Gasteiger partial charge in [0.05, 0.1) is 31.5 Å². The number of unbranched alkanes of at least 4 members (excludes halogenated alkanes) is 3. The van der Waals surface area contributed by atoms with Crippen LogP contribution in [0.5, 0.6) is 0 Å². The van der Waals surface area contributed by atoms with E-state index in [1.807, 2.05) is 18.2 Å². The van der Waals surface area contributed by atoms with Gasteiger partial charge in [-0.3, -0.25) is 38.4 Å². The summed E-state index contributed by atoms with van der Waals surface area (Å²) in [5, 5.41) is 22.8. The zero-order chi connectivity index (χ0) is 39.1. The monoisotopic (exact) mass is 734 g/mol. The van der Waals surface area contributed by atoms with E-state index in [1.54, 1.807) is 12.2 Å². The van der Waals surface area contributed by atoms with E-state index < -0.39 is 109 Å². The molecular formula is C34H54N8O10. The Bertz CT molecular complexity index is 1330. The maximum atomic E-state index is 13.4. The number of carbonyl (C=O) groups excluding carboxylic acids is 8. The molecule has 12 N–H and O–H groups in total. The number of ether oxygens (including phenoxy) is 1. The Morgan fingerprint density at radius 1 is 0.788 bits per heavy atom. The number of nitrogens with one attached hydrogen (secondary N) is 5. The minimum absolute atomic E-state index is 0.0737. The van der Waals surface area contributed by atoms with Gasteiger partial charge in [-0.25, -0.2) is 0 Å². The molecule has 1 aliphatic rings. The van der Waals surface area contributed by atoms with Gasteiger partial charge >= 0.3 is 0 Å². The molecule has 0 aromatic heterocycles. The van der Waals surface area contributed by atoms with Crippen LogP contribution in [0.4, 0.5) is 0 Å². The molecule has 1 rings (SSSR count). The number of nitrogens with two attached hydrogens (primary N) is 3. The van der Waals surface area contributed by atoms with Crippen LogP contribution in [0.15, 0.2) is 36.5 Å². The number of aliphatic hydroxyl groups excluding tert-OH is 1. The van der Waals surface area contributed by atoms with Crippen molar-refractivity contribution in [3.8, 4) is 0 Å². The van der Waals surface area contributed by atoms with Crippen molar-refractivity contribution in [3.63, 3.8) is 0 Å². The van der Waals surface area contributed by atoms with E-state index in [9.17, 15) is 43.5 Å². The van der Waals surface area contributed by atoms with Crippen LogP contribution in [0.25, 0.3) is 0 Å². The third-order valence-corrected chi connectivity index (χ3v) is 7.72. The zero-order valence-electron chi connectivity index (χ0n) is 29.8. The molecule has 0 spiro atoms. The van der Waals surface area contributed by atoms with Crippen molar-refractivity contribution >= 4 is 47.3 Å². The summed E-state index contributed by atoms with van der Waals surface area (Å²) in [5.41, 5.74) is 15.8. The molecule has 1 heterocycles. The van der Waals surface area contributed by atoms with Crippen LogP contribution in [0, 0.1) is 0 Å². The van der Waals surface area contributed by atoms with E-state index in [2.05, 4.69) is 39.6 Å². The minimum Gasteiger partial charge on any atom is -0.393 e. The van der Waals surface area contributed by atoms with Crippen molar-refractivity contribution in [2.24, 2.45) is 17.2 Å². The largest absolute Gasteiger partial charge is 0.393 e. The van der Waals surface area contributed by atoms with E-state index >= 15 is 0 Å². The SMILES string of the molecule is CCCCC/C=C/C=C/C=C/[C@H](C[C@H](O)CC1CC(=O)NCCC(=O)NC(CC(N)=O)C(=O)N[C@H](CC(N)=O)C(=O)NC(CC(N)=O)C(=O)N1)OC. The lowest BCUT2D eigenvalue weighted by atomic mass is 9.99. The van der Waals surface area contributed by atoms with Gasteiger partial charge in [0, 0.05) is 39.0 Å². The molecule has 0 radical (unpaired) electrons. The standard InChI is InChI=1S/C34H54N8O10/c1-3-4-5-6-7-8-9-10-11-12-23(52-2)17-22(43)15-21-16-31(48)38-14-13-30(47)40-24(18-27(35)44)33(50)42-26(20-29(37)46)34(51)41-25(19-28(36)45)32(49)39-21/h7-12,21-26,43H,3-6,13-20H2,1-2H3,(H2,35,44)(H2,36,45)(H2,37,46)(H,38,48)(H,39,49)(H,40,47)(H,41,51)(H,42,50)/b8-7+,10-9+,12-11+/t21?,22-,23-,24?,25?,26-/m1/s1. The summed E-state index contributed by atoms with van der Waals surface area (Å²) in [6.45, 7) is 1.92. The fourth-order valence-corrected chi connectivity index (χ4v) is 5.10. The summed E-state index contributed by atoms with van der Waals surface area (Å²) in [6.07, 6.45) is 11.0. The first-order chi connectivity index (χ1) is 24.6. The van der Waals surface area contributed by atoms with Gasteiger partial charge in [-0.05, 0) is 19.3 Å². The fraction of sp³-hybridized carbons (Fsp3) is 0.588. The topological polar surface area (TPSA) is 304 Å². The maximum absolute atomic E-state index is 13.4. The molecule has 52 heavy (non-hydrogen) atoms. The number of hydrogen-bond acceptors (Lipinski definition) is 10. The Labute approximate surface area is 303 Å². The second-order valence-electron chi connectivity index (χ2n) is 12.4. The van der Waals surface area contributed by atoms with Crippen molar-refractivity contribution in [3.05, 3.63) is 36.5 Å². The summed E-state index contributed by atoms with van der Waals surface area (Å²) in [7, 11) is 1.46. The average molecular weight is 735 g/mol. The fourth-order valence-electron chi connectivity index (χ4n) is 5.10. The Kier molecular flexibility index (Phi) is 21.6. The zero-order valence-corrected chi connectivity index (χ0v) is 29.8. The summed E-state index contributed by atoms with van der Waals surface area (Å²) < 4.78 is 5.46. The van der Waals surface area contributed by atoms with Crippen molar-refractivity contribution in [1.82, 2.24) is 26.6 Å². The van der Waals surface area contributed by atoms with Crippen molar-refractivity contribution in [1.29, 1.82) is 0 Å². The summed E-state index contributed by atoms with van der Waals surface area (Å²) in [4.78, 5) is 101. The maximum Gasteiger partial charge on any atom is 0.243 e. The molecule has 0 aromatic rings. The van der Waals surface area contributed by atoms with Crippen LogP contribution in [-0.2, 0) is 43.1 Å². The van der Waals surface area contributed by atoms with Crippen molar-refractivity contribution in [2.45, 2.75) is 114 Å². The van der Waals surface area contributed by atoms with Crippen LogP contribution < -0.4 is 43.8 Å². The molecule has 1 saturated heterocycles. The lowest BCUT2D eigenvalue weighted by Crippen LogP contribution is -2.59. The van der Waals surface area contributed by atoms with E-state index in [-0.39, 0.29) is 25.8 Å². The Morgan fingerprint density at radius 2 is 1.33 bits per heavy atom. The van der Waals surface area contributed by atoms with Gasteiger partial charge in [-0.1, -0.05) is 56.2 Å². The molecule has 0 bridgehead atoms. The van der Waals surface area contributed by atoms with Gasteiger partial charge in [0.1, 0.15) is 18.1 Å². The number of allylic oxidation sites excluding steroid dienone is 5. The number of aliphatic hydroxyl groups is 1. The predicted molar refractivity (Wildman–Crippen MR) is 189 cm³/mol. The van der Waals surface area contributed by atoms with Gasteiger partial charge in [0.2, 0.25) is 47.3 Å². The third kappa shape index (κ3) is 19.9. The number of carbonyl (C=O) groups is 8. The summed E-state index contributed by atoms with van der Waals surface area (Å²) in [5.74, 6) is -7.59. The van der Waals surface area contributed by atoms with Gasteiger partial charge in [-0.2, -0.15) is 0 Å².